The van der Waals surface area contributed by atoms with Crippen molar-refractivity contribution in [3.63, 3.8) is 0 Å². The van der Waals surface area contributed by atoms with Gasteiger partial charge in [0.2, 0.25) is 0 Å². The summed E-state index contributed by atoms with van der Waals surface area (Å²) in [5, 5.41) is 8.78. The number of hydrogen-bond donors (Lipinski definition) is 1. The zero-order valence-electron chi connectivity index (χ0n) is 8.51. The maximum Gasteiger partial charge on any atom is 0.350 e. The Morgan fingerprint density at radius 3 is 2.93 bits per heavy atom. The van der Waals surface area contributed by atoms with Gasteiger partial charge in [-0.05, 0) is 6.08 Å². The molecular weight excluding hydrogens is 194 g/mol. The minimum absolute atomic E-state index is 0.136. The van der Waals surface area contributed by atoms with Crippen molar-refractivity contribution in [3.8, 4) is 0 Å². The minimum Gasteiger partial charge on any atom is -0.501 e. The summed E-state index contributed by atoms with van der Waals surface area (Å²) in [6.45, 7) is 0. The molecular formula is C11H13NO3. The van der Waals surface area contributed by atoms with Gasteiger partial charge in [0.1, 0.15) is 5.71 Å². The lowest BCUT2D eigenvalue weighted by Crippen LogP contribution is -2.11. The largest absolute Gasteiger partial charge is 0.501 e. The van der Waals surface area contributed by atoms with E-state index in [4.69, 9.17) is 9.84 Å². The van der Waals surface area contributed by atoms with Crippen LogP contribution in [0.15, 0.2) is 41.3 Å². The average molecular weight is 207 g/mol. The predicted octanol–water partition coefficient (Wildman–Crippen LogP) is 1.91. The van der Waals surface area contributed by atoms with Crippen LogP contribution in [-0.4, -0.2) is 23.9 Å². The van der Waals surface area contributed by atoms with E-state index in [2.05, 4.69) is 4.99 Å². The van der Waals surface area contributed by atoms with Crippen molar-refractivity contribution in [1.29, 1.82) is 0 Å². The molecule has 0 aromatic carbocycles. The van der Waals surface area contributed by atoms with Crippen LogP contribution in [0.4, 0.5) is 0 Å². The average Bonchev–Trinajstić information content (AvgIpc) is 2.24. The Labute approximate surface area is 88.3 Å². The van der Waals surface area contributed by atoms with Gasteiger partial charge in [0.15, 0.2) is 0 Å². The fourth-order valence-corrected chi connectivity index (χ4v) is 1.08. The van der Waals surface area contributed by atoms with Crippen LogP contribution >= 0.6 is 0 Å². The van der Waals surface area contributed by atoms with Gasteiger partial charge in [-0.1, -0.05) is 18.2 Å². The van der Waals surface area contributed by atoms with Gasteiger partial charge in [0.25, 0.3) is 0 Å². The molecule has 1 rings (SSSR count). The molecule has 4 nitrogen and oxygen atoms in total. The molecule has 0 bridgehead atoms. The smallest absolute Gasteiger partial charge is 0.350 e. The summed E-state index contributed by atoms with van der Waals surface area (Å²) in [7, 11) is 1.60. The van der Waals surface area contributed by atoms with E-state index in [-0.39, 0.29) is 5.71 Å². The summed E-state index contributed by atoms with van der Waals surface area (Å²) in [6, 6.07) is 0. The zero-order chi connectivity index (χ0) is 11.1. The Morgan fingerprint density at radius 1 is 1.47 bits per heavy atom. The first kappa shape index (κ1) is 11.2. The number of aliphatic carboxylic acids is 1. The standard InChI is InChI=1S/C11H13NO3/c1-15-9-5-2-3-7-10(11(13)14)12-8-4-6-9/h2-5,8H,6-7H2,1H3,(H,13,14)/b3-2-,8-4-,9-5+,12-10?. The number of hydrogen-bond acceptors (Lipinski definition) is 3. The van der Waals surface area contributed by atoms with Crippen LogP contribution in [0, 0.1) is 0 Å². The highest BCUT2D eigenvalue weighted by atomic mass is 16.5. The Bertz CT molecular complexity index is 351. The van der Waals surface area contributed by atoms with Crippen molar-refractivity contribution in [2.24, 2.45) is 4.99 Å². The van der Waals surface area contributed by atoms with Crippen molar-refractivity contribution in [3.05, 3.63) is 36.3 Å². The fraction of sp³-hybridized carbons (Fsp3) is 0.273. The number of nitrogens with zero attached hydrogens (tertiary/aromatic N) is 1. The molecule has 0 radical (unpaired) electrons. The molecule has 0 unspecified atom stereocenters. The lowest BCUT2D eigenvalue weighted by Gasteiger charge is -2.01. The van der Waals surface area contributed by atoms with Crippen molar-refractivity contribution in [1.82, 2.24) is 0 Å². The number of carboxylic acids is 1. The second-order valence-corrected chi connectivity index (χ2v) is 2.94. The van der Waals surface area contributed by atoms with Crippen LogP contribution in [0.5, 0.6) is 0 Å². The molecule has 0 saturated carbocycles. The predicted molar refractivity (Wildman–Crippen MR) is 57.7 cm³/mol. The number of rotatable bonds is 2. The Balaban J connectivity index is 2.80. The highest BCUT2D eigenvalue weighted by Gasteiger charge is 2.05. The van der Waals surface area contributed by atoms with Gasteiger partial charge >= 0.3 is 5.97 Å². The quantitative estimate of drug-likeness (QED) is 0.752. The number of carboxylic acid groups (broad SMARTS) is 1. The monoisotopic (exact) mass is 207 g/mol. The number of aliphatic imine (C=N–C) groups is 1. The number of methoxy groups -OCH3 is 1. The van der Waals surface area contributed by atoms with Crippen molar-refractivity contribution < 1.29 is 14.6 Å². The van der Waals surface area contributed by atoms with Crippen LogP contribution in [0.3, 0.4) is 0 Å². The molecule has 1 aliphatic heterocycles. The molecule has 0 aromatic rings. The molecule has 0 saturated heterocycles. The first-order valence-electron chi connectivity index (χ1n) is 4.58. The van der Waals surface area contributed by atoms with Gasteiger partial charge in [-0.25, -0.2) is 4.79 Å². The number of carbonyl (C=O) groups is 1. The van der Waals surface area contributed by atoms with E-state index in [1.54, 1.807) is 25.3 Å². The van der Waals surface area contributed by atoms with Gasteiger partial charge < -0.3 is 9.84 Å². The van der Waals surface area contributed by atoms with E-state index >= 15 is 0 Å². The van der Waals surface area contributed by atoms with E-state index in [9.17, 15) is 4.79 Å². The van der Waals surface area contributed by atoms with Crippen molar-refractivity contribution in [2.75, 3.05) is 7.11 Å². The Hall–Kier alpha value is -1.84. The Kier molecular flexibility index (Phi) is 4.34. The summed E-state index contributed by atoms with van der Waals surface area (Å²) >= 11 is 0. The SMILES string of the molecule is CO/C1=C/C=C\CC(C(=O)O)=N/C=C\C1. The Morgan fingerprint density at radius 2 is 2.27 bits per heavy atom. The first-order valence-corrected chi connectivity index (χ1v) is 4.58. The third-order valence-electron chi connectivity index (χ3n) is 1.89. The van der Waals surface area contributed by atoms with E-state index < -0.39 is 5.97 Å². The first-order chi connectivity index (χ1) is 7.24. The molecule has 0 aromatic heterocycles. The van der Waals surface area contributed by atoms with Gasteiger partial charge in [0.05, 0.1) is 12.9 Å². The molecule has 80 valence electrons. The molecule has 1 heterocycles. The molecule has 15 heavy (non-hydrogen) atoms. The van der Waals surface area contributed by atoms with Crippen molar-refractivity contribution >= 4 is 11.7 Å². The van der Waals surface area contributed by atoms with Gasteiger partial charge in [-0.15, -0.1) is 0 Å². The highest BCUT2D eigenvalue weighted by Crippen LogP contribution is 2.05. The summed E-state index contributed by atoms with van der Waals surface area (Å²) in [5.41, 5.74) is 0.136. The molecule has 0 amide bonds. The van der Waals surface area contributed by atoms with E-state index in [1.165, 1.54) is 6.20 Å². The maximum absolute atomic E-state index is 10.7. The molecule has 0 aliphatic carbocycles. The van der Waals surface area contributed by atoms with Crippen LogP contribution in [0.25, 0.3) is 0 Å². The normalized spacial score (nSPS) is 24.3. The fourth-order valence-electron chi connectivity index (χ4n) is 1.08. The van der Waals surface area contributed by atoms with Crippen molar-refractivity contribution in [2.45, 2.75) is 12.8 Å². The molecule has 1 aliphatic rings. The summed E-state index contributed by atoms with van der Waals surface area (Å²) in [5.74, 6) is -0.169. The van der Waals surface area contributed by atoms with Crippen LogP contribution in [0.2, 0.25) is 0 Å². The maximum atomic E-state index is 10.7. The highest BCUT2D eigenvalue weighted by molar-refractivity contribution is 6.36. The third kappa shape index (κ3) is 3.81. The molecule has 0 atom stereocenters. The van der Waals surface area contributed by atoms with Gasteiger partial charge in [-0.2, -0.15) is 0 Å². The van der Waals surface area contributed by atoms with E-state index in [1.807, 2.05) is 6.08 Å². The zero-order valence-corrected chi connectivity index (χ0v) is 8.51. The van der Waals surface area contributed by atoms with Crippen LogP contribution in [-0.2, 0) is 9.53 Å². The molecule has 0 fully saturated rings. The van der Waals surface area contributed by atoms with Crippen LogP contribution < -0.4 is 0 Å². The molecule has 4 heteroatoms. The third-order valence-corrected chi connectivity index (χ3v) is 1.89. The second-order valence-electron chi connectivity index (χ2n) is 2.94. The van der Waals surface area contributed by atoms with Gasteiger partial charge in [0, 0.05) is 19.0 Å². The lowest BCUT2D eigenvalue weighted by atomic mass is 10.2. The lowest BCUT2D eigenvalue weighted by molar-refractivity contribution is -0.129. The van der Waals surface area contributed by atoms with E-state index in [0.717, 1.165) is 5.76 Å². The molecule has 0 spiro atoms. The summed E-state index contributed by atoms with van der Waals surface area (Å²) < 4.78 is 5.09. The topological polar surface area (TPSA) is 58.9 Å². The minimum atomic E-state index is -0.985. The molecule has 1 N–H and O–H groups in total. The van der Waals surface area contributed by atoms with Crippen LogP contribution in [0.1, 0.15) is 12.8 Å². The number of allylic oxidation sites excluding steroid dienone is 4. The number of ether oxygens (including phenoxy) is 1. The van der Waals surface area contributed by atoms with Gasteiger partial charge in [-0.3, -0.25) is 4.99 Å². The van der Waals surface area contributed by atoms with E-state index in [0.29, 0.717) is 12.8 Å². The summed E-state index contributed by atoms with van der Waals surface area (Å²) in [4.78, 5) is 14.6. The second kappa shape index (κ2) is 5.80. The summed E-state index contributed by atoms with van der Waals surface area (Å²) in [6.07, 6.45) is 9.51.